The second-order valence-corrected chi connectivity index (χ2v) is 8.89. The van der Waals surface area contributed by atoms with Gasteiger partial charge >= 0.3 is 0 Å². The molecule has 1 saturated carbocycles. The van der Waals surface area contributed by atoms with Gasteiger partial charge in [0.2, 0.25) is 0 Å². The first-order valence-electron chi connectivity index (χ1n) is 7.99. The number of hydrogen-bond donors (Lipinski definition) is 0. The third-order valence-corrected chi connectivity index (χ3v) is 6.37. The van der Waals surface area contributed by atoms with Crippen LogP contribution in [0.15, 0.2) is 21.5 Å². The van der Waals surface area contributed by atoms with E-state index >= 15 is 0 Å². The van der Waals surface area contributed by atoms with Crippen LogP contribution < -0.4 is 5.11 Å². The number of carbonyl (C=O) groups is 2. The Morgan fingerprint density at radius 1 is 1.60 bits per heavy atom. The van der Waals surface area contributed by atoms with Gasteiger partial charge in [-0.05, 0) is 42.9 Å². The highest BCUT2D eigenvalue weighted by Gasteiger charge is 2.38. The third kappa shape index (κ3) is 3.96. The molecule has 25 heavy (non-hydrogen) atoms. The molecule has 0 bridgehead atoms. The monoisotopic (exact) mass is 396 g/mol. The number of rotatable bonds is 7. The maximum Gasteiger partial charge on any atom is 0.266 e. The van der Waals surface area contributed by atoms with Gasteiger partial charge in [-0.15, -0.1) is 0 Å². The Morgan fingerprint density at radius 2 is 2.32 bits per heavy atom. The summed E-state index contributed by atoms with van der Waals surface area (Å²) in [4.78, 5) is 25.6. The van der Waals surface area contributed by atoms with Crippen LogP contribution in [0.5, 0.6) is 0 Å². The molecule has 3 atom stereocenters. The molecule has 1 aromatic rings. The summed E-state index contributed by atoms with van der Waals surface area (Å²) in [7, 11) is 0. The lowest BCUT2D eigenvalue weighted by molar-refractivity contribution is -0.310. The Bertz CT molecular complexity index is 742. The van der Waals surface area contributed by atoms with Crippen LogP contribution in [0.2, 0.25) is 0 Å². The zero-order valence-electron chi connectivity index (χ0n) is 13.9. The van der Waals surface area contributed by atoms with Gasteiger partial charge in [-0.25, -0.2) is 0 Å². The Labute approximate surface area is 160 Å². The van der Waals surface area contributed by atoms with Gasteiger partial charge in [0.15, 0.2) is 0 Å². The minimum Gasteiger partial charge on any atom is -0.548 e. The topological polar surface area (TPSA) is 73.6 Å². The summed E-state index contributed by atoms with van der Waals surface area (Å²) >= 11 is 7.84. The Morgan fingerprint density at radius 3 is 2.92 bits per heavy atom. The molecule has 0 aromatic carbocycles. The van der Waals surface area contributed by atoms with E-state index in [1.807, 2.05) is 18.4 Å². The molecule has 1 aliphatic carbocycles. The lowest BCUT2D eigenvalue weighted by atomic mass is 10.2. The van der Waals surface area contributed by atoms with Gasteiger partial charge in [-0.1, -0.05) is 30.9 Å². The predicted molar refractivity (Wildman–Crippen MR) is 102 cm³/mol. The lowest BCUT2D eigenvalue weighted by Gasteiger charge is -2.27. The van der Waals surface area contributed by atoms with E-state index in [-0.39, 0.29) is 4.32 Å². The summed E-state index contributed by atoms with van der Waals surface area (Å²) in [6, 6.07) is 2.73. The van der Waals surface area contributed by atoms with E-state index in [2.05, 4.69) is 6.92 Å². The molecular formula is C17H18NO4S3-. The van der Waals surface area contributed by atoms with Gasteiger partial charge < -0.3 is 14.3 Å². The van der Waals surface area contributed by atoms with Gasteiger partial charge in [0.1, 0.15) is 15.8 Å². The number of carboxylic acid groups (broad SMARTS) is 1. The zero-order valence-corrected chi connectivity index (χ0v) is 16.3. The van der Waals surface area contributed by atoms with Crippen molar-refractivity contribution in [2.24, 2.45) is 5.92 Å². The largest absolute Gasteiger partial charge is 0.548 e. The van der Waals surface area contributed by atoms with Gasteiger partial charge in [0.05, 0.1) is 16.9 Å². The number of hydrogen-bond acceptors (Lipinski definition) is 7. The van der Waals surface area contributed by atoms with Crippen molar-refractivity contribution in [3.63, 3.8) is 0 Å². The van der Waals surface area contributed by atoms with E-state index in [0.29, 0.717) is 34.7 Å². The fourth-order valence-electron chi connectivity index (χ4n) is 2.82. The van der Waals surface area contributed by atoms with Crippen LogP contribution in [0.25, 0.3) is 6.08 Å². The summed E-state index contributed by atoms with van der Waals surface area (Å²) < 4.78 is 6.04. The van der Waals surface area contributed by atoms with E-state index in [1.54, 1.807) is 6.08 Å². The number of thioether (sulfide) groups is 2. The van der Waals surface area contributed by atoms with Crippen molar-refractivity contribution in [2.75, 3.05) is 12.0 Å². The fraction of sp³-hybridized carbons (Fsp3) is 0.471. The fourth-order valence-corrected chi connectivity index (χ4v) is 4.62. The van der Waals surface area contributed by atoms with Crippen molar-refractivity contribution in [1.29, 1.82) is 0 Å². The summed E-state index contributed by atoms with van der Waals surface area (Å²) in [5.74, 6) is 1.54. The van der Waals surface area contributed by atoms with Gasteiger partial charge in [0, 0.05) is 12.0 Å². The number of furan rings is 1. The maximum atomic E-state index is 12.6. The molecule has 1 aliphatic heterocycles. The van der Waals surface area contributed by atoms with Crippen molar-refractivity contribution in [2.45, 2.75) is 31.7 Å². The van der Waals surface area contributed by atoms with Crippen LogP contribution in [-0.2, 0) is 9.59 Å². The molecule has 2 fully saturated rings. The third-order valence-electron chi connectivity index (χ3n) is 4.40. The van der Waals surface area contributed by atoms with Crippen LogP contribution in [0.1, 0.15) is 37.2 Å². The molecule has 0 N–H and O–H groups in total. The molecule has 3 rings (SSSR count). The van der Waals surface area contributed by atoms with Crippen molar-refractivity contribution < 1.29 is 19.1 Å². The quantitative estimate of drug-likeness (QED) is 0.518. The van der Waals surface area contributed by atoms with Crippen LogP contribution >= 0.6 is 35.7 Å². The first-order chi connectivity index (χ1) is 11.9. The number of aliphatic carboxylic acids is 1. The van der Waals surface area contributed by atoms with Crippen molar-refractivity contribution in [3.05, 3.63) is 28.6 Å². The number of nitrogens with zero attached hydrogens (tertiary/aromatic N) is 1. The normalized spacial score (nSPS) is 25.7. The average molecular weight is 397 g/mol. The zero-order chi connectivity index (χ0) is 18.1. The smallest absolute Gasteiger partial charge is 0.266 e. The molecule has 0 radical (unpaired) electrons. The minimum atomic E-state index is -1.28. The molecule has 0 spiro atoms. The second kappa shape index (κ2) is 7.55. The Kier molecular flexibility index (Phi) is 5.60. The number of thiocarbonyl (C=S) groups is 1. The van der Waals surface area contributed by atoms with E-state index in [4.69, 9.17) is 16.6 Å². The molecule has 1 amide bonds. The van der Waals surface area contributed by atoms with Crippen molar-refractivity contribution >= 4 is 58.0 Å². The first-order valence-corrected chi connectivity index (χ1v) is 10.6. The van der Waals surface area contributed by atoms with E-state index in [1.165, 1.54) is 11.8 Å². The highest BCUT2D eigenvalue weighted by atomic mass is 32.2. The molecule has 0 unspecified atom stereocenters. The van der Waals surface area contributed by atoms with Gasteiger partial charge in [0.25, 0.3) is 5.91 Å². The van der Waals surface area contributed by atoms with Crippen molar-refractivity contribution in [1.82, 2.24) is 4.90 Å². The molecule has 2 aliphatic rings. The molecule has 1 aromatic heterocycles. The van der Waals surface area contributed by atoms with Crippen LogP contribution in [0.3, 0.4) is 0 Å². The Hall–Kier alpha value is -1.25. The van der Waals surface area contributed by atoms with Crippen LogP contribution in [0.4, 0.5) is 0 Å². The highest BCUT2D eigenvalue weighted by molar-refractivity contribution is 8.26. The summed E-state index contributed by atoms with van der Waals surface area (Å²) in [5, 5.41) is 11.4. The minimum absolute atomic E-state index is 0.245. The molecule has 5 nitrogen and oxygen atoms in total. The van der Waals surface area contributed by atoms with E-state index in [9.17, 15) is 14.7 Å². The predicted octanol–water partition coefficient (Wildman–Crippen LogP) is 2.48. The van der Waals surface area contributed by atoms with E-state index < -0.39 is 17.9 Å². The summed E-state index contributed by atoms with van der Waals surface area (Å²) in [5.41, 5.74) is 0. The maximum absolute atomic E-state index is 12.6. The number of amides is 1. The summed E-state index contributed by atoms with van der Waals surface area (Å²) in [6.07, 6.45) is 4.94. The summed E-state index contributed by atoms with van der Waals surface area (Å²) in [6.45, 7) is 2.17. The standard InChI is InChI=1S/C17H19NO4S3/c1-9-7-11(9)13-4-3-10(22-13)8-14-15(19)18(17(23)25-14)12(16(20)21)5-6-24-2/h3-4,8-9,11-12H,5-7H2,1-2H3,(H,20,21)/p-1/b14-8-/t9-,11+,12-/m0/s1. The molecular weight excluding hydrogens is 378 g/mol. The van der Waals surface area contributed by atoms with Gasteiger partial charge in [-0.3, -0.25) is 9.69 Å². The van der Waals surface area contributed by atoms with Crippen LogP contribution in [0, 0.1) is 5.92 Å². The second-order valence-electron chi connectivity index (χ2n) is 6.23. The average Bonchev–Trinajstić information content (AvgIpc) is 3.00. The molecule has 2 heterocycles. The lowest BCUT2D eigenvalue weighted by Crippen LogP contribution is -2.50. The Balaban J connectivity index is 1.77. The van der Waals surface area contributed by atoms with Crippen molar-refractivity contribution in [3.8, 4) is 0 Å². The highest BCUT2D eigenvalue weighted by Crippen LogP contribution is 2.47. The number of carbonyl (C=O) groups excluding carboxylic acids is 2. The molecule has 134 valence electrons. The van der Waals surface area contributed by atoms with E-state index in [0.717, 1.165) is 28.8 Å². The number of carboxylic acids is 1. The van der Waals surface area contributed by atoms with Crippen LogP contribution in [-0.4, -0.2) is 39.1 Å². The molecule has 8 heteroatoms. The molecule has 1 saturated heterocycles. The first kappa shape index (κ1) is 18.5. The van der Waals surface area contributed by atoms with Gasteiger partial charge in [-0.2, -0.15) is 11.8 Å². The SMILES string of the molecule is CSCC[C@@H](C(=O)[O-])N1C(=O)/C(=C/c2ccc([C@@H]3C[C@@H]3C)o2)SC1=S.